The lowest BCUT2D eigenvalue weighted by Gasteiger charge is -2.15. The third-order valence-corrected chi connectivity index (χ3v) is 3.67. The molecule has 6 heteroatoms. The van der Waals surface area contributed by atoms with Crippen LogP contribution in [0.25, 0.3) is 0 Å². The van der Waals surface area contributed by atoms with E-state index in [9.17, 15) is 9.90 Å². The smallest absolute Gasteiger partial charge is 0.258 e. The van der Waals surface area contributed by atoms with Gasteiger partial charge in [-0.2, -0.15) is 4.98 Å². The fourth-order valence-electron chi connectivity index (χ4n) is 2.56. The molecule has 2 aromatic rings. The molecular formula is C15H17N3O3. The maximum absolute atomic E-state index is 11.9. The zero-order valence-electron chi connectivity index (χ0n) is 11.6. The molecule has 1 heterocycles. The van der Waals surface area contributed by atoms with E-state index in [4.69, 9.17) is 4.52 Å². The third kappa shape index (κ3) is 3.11. The van der Waals surface area contributed by atoms with Gasteiger partial charge in [-0.1, -0.05) is 23.4 Å². The van der Waals surface area contributed by atoms with Crippen molar-refractivity contribution >= 4 is 11.6 Å². The molecule has 0 radical (unpaired) electrons. The van der Waals surface area contributed by atoms with Gasteiger partial charge in [-0.15, -0.1) is 0 Å². The van der Waals surface area contributed by atoms with Gasteiger partial charge in [-0.05, 0) is 37.8 Å². The number of hydrogen-bond donors (Lipinski definition) is 2. The predicted molar refractivity (Wildman–Crippen MR) is 75.4 cm³/mol. The average Bonchev–Trinajstić information content (AvgIpc) is 3.10. The Bertz CT molecular complexity index is 618. The van der Waals surface area contributed by atoms with Crippen molar-refractivity contribution in [2.45, 2.75) is 37.7 Å². The summed E-state index contributed by atoms with van der Waals surface area (Å²) in [6.07, 6.45) is 3.18. The number of anilines is 1. The first-order valence-electron chi connectivity index (χ1n) is 7.06. The van der Waals surface area contributed by atoms with Crippen LogP contribution in [0.15, 0.2) is 34.9 Å². The lowest BCUT2D eigenvalue weighted by Crippen LogP contribution is -2.21. The number of hydrogen-bond acceptors (Lipinski definition) is 5. The lowest BCUT2D eigenvalue weighted by atomic mass is 10.0. The summed E-state index contributed by atoms with van der Waals surface area (Å²) < 4.78 is 5.11. The number of carbonyl (C=O) groups excluding carboxylic acids is 1. The standard InChI is InChI=1S/C15H17N3O3/c19-13(16-11-6-2-1-3-7-11)10-12-17-14(21-18-12)15(20)8-4-5-9-15/h1-3,6-7,20H,4-5,8-10H2,(H,16,19). The minimum absolute atomic E-state index is 0.0223. The van der Waals surface area contributed by atoms with Crippen LogP contribution in [-0.4, -0.2) is 21.2 Å². The van der Waals surface area contributed by atoms with Gasteiger partial charge < -0.3 is 14.9 Å². The van der Waals surface area contributed by atoms with Crippen LogP contribution in [0.4, 0.5) is 5.69 Å². The van der Waals surface area contributed by atoms with Gasteiger partial charge in [-0.25, -0.2) is 0 Å². The van der Waals surface area contributed by atoms with Gasteiger partial charge in [0, 0.05) is 5.69 Å². The van der Waals surface area contributed by atoms with Crippen molar-refractivity contribution in [3.63, 3.8) is 0 Å². The Labute approximate surface area is 122 Å². The Balaban J connectivity index is 1.63. The second kappa shape index (κ2) is 5.65. The summed E-state index contributed by atoms with van der Waals surface area (Å²) >= 11 is 0. The van der Waals surface area contributed by atoms with E-state index in [1.54, 1.807) is 12.1 Å². The van der Waals surface area contributed by atoms with E-state index in [2.05, 4.69) is 15.5 Å². The van der Waals surface area contributed by atoms with Crippen molar-refractivity contribution in [1.29, 1.82) is 0 Å². The summed E-state index contributed by atoms with van der Waals surface area (Å²) in [4.78, 5) is 16.1. The minimum atomic E-state index is -1.01. The Hall–Kier alpha value is -2.21. The van der Waals surface area contributed by atoms with E-state index in [0.29, 0.717) is 18.7 Å². The van der Waals surface area contributed by atoms with Gasteiger partial charge in [0.1, 0.15) is 5.60 Å². The molecule has 0 unspecified atom stereocenters. The maximum atomic E-state index is 11.9. The molecule has 0 saturated heterocycles. The van der Waals surface area contributed by atoms with Gasteiger partial charge in [0.2, 0.25) is 5.91 Å². The average molecular weight is 287 g/mol. The van der Waals surface area contributed by atoms with Crippen LogP contribution in [0.2, 0.25) is 0 Å². The number of amides is 1. The van der Waals surface area contributed by atoms with E-state index in [1.165, 1.54) is 0 Å². The second-order valence-electron chi connectivity index (χ2n) is 5.35. The molecule has 21 heavy (non-hydrogen) atoms. The molecule has 1 aliphatic carbocycles. The van der Waals surface area contributed by atoms with Crippen LogP contribution in [0.3, 0.4) is 0 Å². The molecule has 1 aromatic heterocycles. The van der Waals surface area contributed by atoms with Gasteiger partial charge in [0.15, 0.2) is 5.82 Å². The van der Waals surface area contributed by atoms with E-state index >= 15 is 0 Å². The van der Waals surface area contributed by atoms with Crippen molar-refractivity contribution in [1.82, 2.24) is 10.1 Å². The van der Waals surface area contributed by atoms with Gasteiger partial charge >= 0.3 is 0 Å². The highest BCUT2D eigenvalue weighted by molar-refractivity contribution is 5.91. The van der Waals surface area contributed by atoms with Crippen LogP contribution in [0, 0.1) is 0 Å². The SMILES string of the molecule is O=C(Cc1noc(C2(O)CCCC2)n1)Nc1ccccc1. The molecule has 1 saturated carbocycles. The first kappa shape index (κ1) is 13.8. The molecule has 0 bridgehead atoms. The maximum Gasteiger partial charge on any atom is 0.258 e. The van der Waals surface area contributed by atoms with E-state index in [-0.39, 0.29) is 18.2 Å². The normalized spacial score (nSPS) is 16.8. The van der Waals surface area contributed by atoms with Gasteiger partial charge in [-0.3, -0.25) is 4.79 Å². The minimum Gasteiger partial charge on any atom is -0.380 e. The van der Waals surface area contributed by atoms with Crippen LogP contribution < -0.4 is 5.32 Å². The van der Waals surface area contributed by atoms with Crippen LogP contribution in [-0.2, 0) is 16.8 Å². The van der Waals surface area contributed by atoms with Gasteiger partial charge in [0.25, 0.3) is 5.89 Å². The van der Waals surface area contributed by atoms with Crippen LogP contribution in [0.5, 0.6) is 0 Å². The van der Waals surface area contributed by atoms with Gasteiger partial charge in [0.05, 0.1) is 6.42 Å². The molecule has 1 aromatic carbocycles. The molecule has 6 nitrogen and oxygen atoms in total. The Kier molecular flexibility index (Phi) is 3.70. The fourth-order valence-corrected chi connectivity index (χ4v) is 2.56. The fraction of sp³-hybridized carbons (Fsp3) is 0.400. The molecule has 1 aliphatic rings. The first-order valence-corrected chi connectivity index (χ1v) is 7.06. The van der Waals surface area contributed by atoms with E-state index in [1.807, 2.05) is 18.2 Å². The number of aromatic nitrogens is 2. The zero-order chi connectivity index (χ0) is 14.7. The summed E-state index contributed by atoms with van der Waals surface area (Å²) in [6, 6.07) is 9.18. The zero-order valence-corrected chi connectivity index (χ0v) is 11.6. The summed E-state index contributed by atoms with van der Waals surface area (Å²) in [6.45, 7) is 0. The molecule has 0 atom stereocenters. The number of aliphatic hydroxyl groups is 1. The molecule has 1 fully saturated rings. The summed E-state index contributed by atoms with van der Waals surface area (Å²) in [7, 11) is 0. The molecular weight excluding hydrogens is 270 g/mol. The number of para-hydroxylation sites is 1. The van der Waals surface area contributed by atoms with E-state index < -0.39 is 5.60 Å². The highest BCUT2D eigenvalue weighted by Gasteiger charge is 2.38. The monoisotopic (exact) mass is 287 g/mol. The third-order valence-electron chi connectivity index (χ3n) is 3.67. The van der Waals surface area contributed by atoms with Crippen LogP contribution >= 0.6 is 0 Å². The van der Waals surface area contributed by atoms with Crippen molar-refractivity contribution in [3.8, 4) is 0 Å². The molecule has 110 valence electrons. The number of rotatable bonds is 4. The number of nitrogens with one attached hydrogen (secondary N) is 1. The largest absolute Gasteiger partial charge is 0.380 e. The topological polar surface area (TPSA) is 88.2 Å². The summed E-state index contributed by atoms with van der Waals surface area (Å²) in [5.41, 5.74) is -0.290. The molecule has 3 rings (SSSR count). The lowest BCUT2D eigenvalue weighted by molar-refractivity contribution is -0.115. The van der Waals surface area contributed by atoms with Crippen molar-refractivity contribution < 1.29 is 14.4 Å². The van der Waals surface area contributed by atoms with Crippen molar-refractivity contribution in [2.24, 2.45) is 0 Å². The Morgan fingerprint density at radius 3 is 2.71 bits per heavy atom. The second-order valence-corrected chi connectivity index (χ2v) is 5.35. The Morgan fingerprint density at radius 2 is 2.00 bits per heavy atom. The highest BCUT2D eigenvalue weighted by atomic mass is 16.5. The Morgan fingerprint density at radius 1 is 1.29 bits per heavy atom. The first-order chi connectivity index (χ1) is 10.2. The van der Waals surface area contributed by atoms with E-state index in [0.717, 1.165) is 18.5 Å². The number of nitrogens with zero attached hydrogens (tertiary/aromatic N) is 2. The molecule has 2 N–H and O–H groups in total. The molecule has 1 amide bonds. The predicted octanol–water partition coefficient (Wildman–Crippen LogP) is 2.01. The highest BCUT2D eigenvalue weighted by Crippen LogP contribution is 2.37. The number of carbonyl (C=O) groups is 1. The van der Waals surface area contributed by atoms with Crippen LogP contribution in [0.1, 0.15) is 37.4 Å². The summed E-state index contributed by atoms with van der Waals surface area (Å²) in [5, 5.41) is 16.9. The van der Waals surface area contributed by atoms with Crippen molar-refractivity contribution in [2.75, 3.05) is 5.32 Å². The number of benzene rings is 1. The van der Waals surface area contributed by atoms with Crippen molar-refractivity contribution in [3.05, 3.63) is 42.0 Å². The summed E-state index contributed by atoms with van der Waals surface area (Å²) in [5.74, 6) is 0.299. The molecule has 0 aliphatic heterocycles. The molecule has 0 spiro atoms. The quantitative estimate of drug-likeness (QED) is 0.898.